The predicted molar refractivity (Wildman–Crippen MR) is 84.6 cm³/mol. The second kappa shape index (κ2) is 6.72. The molecule has 110 valence electrons. The van der Waals surface area contributed by atoms with Crippen LogP contribution in [0.2, 0.25) is 0 Å². The van der Waals surface area contributed by atoms with Crippen molar-refractivity contribution in [1.29, 1.82) is 0 Å². The Labute approximate surface area is 126 Å². The van der Waals surface area contributed by atoms with Crippen molar-refractivity contribution in [2.45, 2.75) is 31.7 Å². The predicted octanol–water partition coefficient (Wildman–Crippen LogP) is 3.30. The highest BCUT2D eigenvalue weighted by atomic mass is 16.5. The van der Waals surface area contributed by atoms with Crippen molar-refractivity contribution in [1.82, 2.24) is 10.3 Å². The van der Waals surface area contributed by atoms with E-state index in [9.17, 15) is 0 Å². The summed E-state index contributed by atoms with van der Waals surface area (Å²) >= 11 is 0. The summed E-state index contributed by atoms with van der Waals surface area (Å²) in [7, 11) is 2.04. The van der Waals surface area contributed by atoms with Gasteiger partial charge in [0.2, 0.25) is 0 Å². The molecule has 21 heavy (non-hydrogen) atoms. The van der Waals surface area contributed by atoms with Gasteiger partial charge >= 0.3 is 0 Å². The lowest BCUT2D eigenvalue weighted by atomic mass is 9.87. The molecule has 0 amide bonds. The van der Waals surface area contributed by atoms with Crippen molar-refractivity contribution in [3.63, 3.8) is 0 Å². The van der Waals surface area contributed by atoms with Gasteiger partial charge in [-0.15, -0.1) is 0 Å². The molecule has 0 saturated heterocycles. The molecule has 1 heterocycles. The Morgan fingerprint density at radius 3 is 3.00 bits per heavy atom. The molecule has 2 aromatic rings. The molecular formula is C18H22N2O. The maximum absolute atomic E-state index is 6.03. The van der Waals surface area contributed by atoms with E-state index in [0.29, 0.717) is 12.6 Å². The van der Waals surface area contributed by atoms with Gasteiger partial charge in [-0.05, 0) is 55.6 Å². The molecule has 1 N–H and O–H groups in total. The van der Waals surface area contributed by atoms with Gasteiger partial charge in [0.15, 0.2) is 0 Å². The van der Waals surface area contributed by atoms with Crippen molar-refractivity contribution < 1.29 is 4.74 Å². The average Bonchev–Trinajstić information content (AvgIpc) is 2.55. The lowest BCUT2D eigenvalue weighted by Gasteiger charge is -2.26. The quantitative estimate of drug-likeness (QED) is 0.913. The SMILES string of the molecule is CNC1CCCc2c(OCCc3ccccn3)cccc21. The number of hydrogen-bond donors (Lipinski definition) is 1. The molecule has 1 aromatic carbocycles. The Hall–Kier alpha value is -1.87. The van der Waals surface area contributed by atoms with Crippen LogP contribution in [0, 0.1) is 0 Å². The summed E-state index contributed by atoms with van der Waals surface area (Å²) < 4.78 is 6.03. The van der Waals surface area contributed by atoms with E-state index < -0.39 is 0 Å². The number of nitrogens with one attached hydrogen (secondary N) is 1. The van der Waals surface area contributed by atoms with E-state index in [0.717, 1.165) is 24.3 Å². The van der Waals surface area contributed by atoms with Crippen molar-refractivity contribution >= 4 is 0 Å². The number of hydrogen-bond acceptors (Lipinski definition) is 3. The van der Waals surface area contributed by atoms with Crippen LogP contribution in [0.4, 0.5) is 0 Å². The van der Waals surface area contributed by atoms with E-state index >= 15 is 0 Å². The van der Waals surface area contributed by atoms with Crippen LogP contribution >= 0.6 is 0 Å². The first-order valence-corrected chi connectivity index (χ1v) is 7.70. The summed E-state index contributed by atoms with van der Waals surface area (Å²) in [5.74, 6) is 1.04. The fourth-order valence-electron chi connectivity index (χ4n) is 3.06. The number of ether oxygens (including phenoxy) is 1. The summed E-state index contributed by atoms with van der Waals surface area (Å²) in [6.07, 6.45) is 6.23. The van der Waals surface area contributed by atoms with Crippen molar-refractivity contribution in [3.05, 3.63) is 59.4 Å². The summed E-state index contributed by atoms with van der Waals surface area (Å²) in [4.78, 5) is 4.33. The van der Waals surface area contributed by atoms with Gasteiger partial charge in [0.05, 0.1) is 6.61 Å². The van der Waals surface area contributed by atoms with E-state index in [1.807, 2.05) is 31.4 Å². The molecule has 3 heteroatoms. The molecule has 0 fully saturated rings. The molecule has 1 atom stereocenters. The second-order valence-corrected chi connectivity index (χ2v) is 5.48. The van der Waals surface area contributed by atoms with Gasteiger partial charge in [0.25, 0.3) is 0 Å². The van der Waals surface area contributed by atoms with Gasteiger partial charge in [-0.25, -0.2) is 0 Å². The van der Waals surface area contributed by atoms with Gasteiger partial charge in [-0.1, -0.05) is 18.2 Å². The maximum atomic E-state index is 6.03. The summed E-state index contributed by atoms with van der Waals surface area (Å²) in [6, 6.07) is 12.9. The van der Waals surface area contributed by atoms with Crippen LogP contribution in [0.25, 0.3) is 0 Å². The highest BCUT2D eigenvalue weighted by Crippen LogP contribution is 2.35. The molecule has 1 aliphatic carbocycles. The second-order valence-electron chi connectivity index (χ2n) is 5.48. The monoisotopic (exact) mass is 282 g/mol. The zero-order chi connectivity index (χ0) is 14.5. The van der Waals surface area contributed by atoms with Gasteiger partial charge in [-0.3, -0.25) is 4.98 Å². The van der Waals surface area contributed by atoms with E-state index in [4.69, 9.17) is 4.74 Å². The Balaban J connectivity index is 1.69. The largest absolute Gasteiger partial charge is 0.493 e. The highest BCUT2D eigenvalue weighted by Gasteiger charge is 2.21. The highest BCUT2D eigenvalue weighted by molar-refractivity contribution is 5.43. The summed E-state index contributed by atoms with van der Waals surface area (Å²) in [5, 5.41) is 3.40. The molecular weight excluding hydrogens is 260 g/mol. The Morgan fingerprint density at radius 2 is 2.19 bits per heavy atom. The number of aromatic nitrogens is 1. The first-order chi connectivity index (χ1) is 10.4. The lowest BCUT2D eigenvalue weighted by Crippen LogP contribution is -2.22. The van der Waals surface area contributed by atoms with Crippen molar-refractivity contribution in [3.8, 4) is 5.75 Å². The number of benzene rings is 1. The Bertz CT molecular complexity index is 583. The molecule has 1 aromatic heterocycles. The minimum Gasteiger partial charge on any atom is -0.493 e. The molecule has 3 rings (SSSR count). The van der Waals surface area contributed by atoms with Crippen LogP contribution in [0.1, 0.15) is 35.7 Å². The summed E-state index contributed by atoms with van der Waals surface area (Å²) in [5.41, 5.74) is 3.86. The number of fused-ring (bicyclic) bond motifs is 1. The first-order valence-electron chi connectivity index (χ1n) is 7.70. The Morgan fingerprint density at radius 1 is 1.24 bits per heavy atom. The minimum atomic E-state index is 0.466. The molecule has 0 saturated carbocycles. The van der Waals surface area contributed by atoms with Crippen molar-refractivity contribution in [2.24, 2.45) is 0 Å². The van der Waals surface area contributed by atoms with E-state index in [1.54, 1.807) is 0 Å². The van der Waals surface area contributed by atoms with Crippen LogP contribution < -0.4 is 10.1 Å². The topological polar surface area (TPSA) is 34.1 Å². The van der Waals surface area contributed by atoms with Gasteiger partial charge in [-0.2, -0.15) is 0 Å². The third-order valence-corrected chi connectivity index (χ3v) is 4.15. The minimum absolute atomic E-state index is 0.466. The van der Waals surface area contributed by atoms with Crippen LogP contribution in [0.15, 0.2) is 42.6 Å². The van der Waals surface area contributed by atoms with Gasteiger partial charge in [0, 0.05) is 24.4 Å². The molecule has 0 bridgehead atoms. The van der Waals surface area contributed by atoms with E-state index in [2.05, 4.69) is 28.5 Å². The van der Waals surface area contributed by atoms with Crippen LogP contribution in [0.5, 0.6) is 5.75 Å². The molecule has 3 nitrogen and oxygen atoms in total. The van der Waals surface area contributed by atoms with E-state index in [-0.39, 0.29) is 0 Å². The normalized spacial score (nSPS) is 17.3. The lowest BCUT2D eigenvalue weighted by molar-refractivity contribution is 0.313. The number of nitrogens with zero attached hydrogens (tertiary/aromatic N) is 1. The maximum Gasteiger partial charge on any atom is 0.122 e. The van der Waals surface area contributed by atoms with Crippen LogP contribution in [0.3, 0.4) is 0 Å². The first kappa shape index (κ1) is 14.1. The zero-order valence-electron chi connectivity index (χ0n) is 12.5. The van der Waals surface area contributed by atoms with Gasteiger partial charge in [0.1, 0.15) is 5.75 Å². The fourth-order valence-corrected chi connectivity index (χ4v) is 3.06. The van der Waals surface area contributed by atoms with Gasteiger partial charge < -0.3 is 10.1 Å². The number of rotatable bonds is 5. The standard InChI is InChI=1S/C18H22N2O/c1-19-17-9-4-8-16-15(17)7-5-10-18(16)21-13-11-14-6-2-3-12-20-14/h2-3,5-7,10,12,17,19H,4,8-9,11,13H2,1H3. The molecule has 0 spiro atoms. The summed E-state index contributed by atoms with van der Waals surface area (Å²) in [6.45, 7) is 0.678. The third-order valence-electron chi connectivity index (χ3n) is 4.15. The van der Waals surface area contributed by atoms with Crippen LogP contribution in [-0.4, -0.2) is 18.6 Å². The molecule has 1 aliphatic rings. The third kappa shape index (κ3) is 3.24. The van der Waals surface area contributed by atoms with Crippen molar-refractivity contribution in [2.75, 3.05) is 13.7 Å². The molecule has 0 radical (unpaired) electrons. The fraction of sp³-hybridized carbons (Fsp3) is 0.389. The Kier molecular flexibility index (Phi) is 4.51. The molecule has 0 aliphatic heterocycles. The smallest absolute Gasteiger partial charge is 0.122 e. The average molecular weight is 282 g/mol. The van der Waals surface area contributed by atoms with E-state index in [1.165, 1.54) is 24.0 Å². The molecule has 1 unspecified atom stereocenters. The van der Waals surface area contributed by atoms with Crippen LogP contribution in [-0.2, 0) is 12.8 Å². The zero-order valence-corrected chi connectivity index (χ0v) is 12.5. The number of pyridine rings is 1.